The Kier molecular flexibility index (Phi) is 4.44. The van der Waals surface area contributed by atoms with Crippen LogP contribution < -0.4 is 0 Å². The third kappa shape index (κ3) is 3.40. The van der Waals surface area contributed by atoms with Crippen LogP contribution in [0.3, 0.4) is 0 Å². The highest BCUT2D eigenvalue weighted by Crippen LogP contribution is 2.34. The third-order valence-corrected chi connectivity index (χ3v) is 3.92. The van der Waals surface area contributed by atoms with Gasteiger partial charge in [-0.15, -0.1) is 0 Å². The number of aryl methyl sites for hydroxylation is 1. The number of halogens is 3. The van der Waals surface area contributed by atoms with Gasteiger partial charge in [-0.2, -0.15) is 13.2 Å². The number of nitrogens with zero attached hydrogens (tertiary/aromatic N) is 1. The van der Waals surface area contributed by atoms with Gasteiger partial charge < -0.3 is 4.90 Å². The lowest BCUT2D eigenvalue weighted by atomic mass is 9.91. The van der Waals surface area contributed by atoms with Gasteiger partial charge in [-0.25, -0.2) is 0 Å². The minimum Gasteiger partial charge on any atom is -0.339 e. The Morgan fingerprint density at radius 1 is 1.32 bits per heavy atom. The van der Waals surface area contributed by atoms with Crippen molar-refractivity contribution in [1.82, 2.24) is 4.90 Å². The van der Waals surface area contributed by atoms with Crippen LogP contribution in [0.25, 0.3) is 5.57 Å². The molecule has 0 N–H and O–H groups in total. The molecule has 1 amide bonds. The minimum absolute atomic E-state index is 0.0200. The number of benzene rings is 1. The summed E-state index contributed by atoms with van der Waals surface area (Å²) in [5.74, 6) is 0.0200. The second kappa shape index (κ2) is 5.99. The van der Waals surface area contributed by atoms with Gasteiger partial charge in [0.1, 0.15) is 0 Å². The topological polar surface area (TPSA) is 20.3 Å². The van der Waals surface area contributed by atoms with Crippen molar-refractivity contribution in [2.45, 2.75) is 26.4 Å². The number of alkyl halides is 3. The van der Waals surface area contributed by atoms with Crippen LogP contribution in [0.15, 0.2) is 36.4 Å². The zero-order chi connectivity index (χ0) is 16.5. The van der Waals surface area contributed by atoms with E-state index in [4.69, 9.17) is 0 Å². The molecule has 0 saturated heterocycles. The molecule has 1 aromatic carbocycles. The molecular formula is C17H18F3NO. The molecule has 0 bridgehead atoms. The minimum atomic E-state index is -4.34. The van der Waals surface area contributed by atoms with Crippen molar-refractivity contribution in [3.63, 3.8) is 0 Å². The standard InChI is InChI=1S/C17H18F3NO/c1-11-10-15(17(18,19)20)4-5-16(11)12(2)14-6-8-21(9-7-14)13(3)22/h4-6,10H,2,7-9H2,1,3H3. The van der Waals surface area contributed by atoms with Crippen LogP contribution in [0.2, 0.25) is 0 Å². The van der Waals surface area contributed by atoms with E-state index in [1.54, 1.807) is 11.8 Å². The van der Waals surface area contributed by atoms with Crippen molar-refractivity contribution in [2.75, 3.05) is 13.1 Å². The van der Waals surface area contributed by atoms with Crippen molar-refractivity contribution >= 4 is 11.5 Å². The molecule has 2 nitrogen and oxygen atoms in total. The molecule has 0 aromatic heterocycles. The molecule has 118 valence electrons. The molecule has 2 rings (SSSR count). The van der Waals surface area contributed by atoms with Crippen molar-refractivity contribution in [2.24, 2.45) is 0 Å². The fraction of sp³-hybridized carbons (Fsp3) is 0.353. The molecule has 1 aliphatic heterocycles. The summed E-state index contributed by atoms with van der Waals surface area (Å²) in [6.45, 7) is 8.32. The van der Waals surface area contributed by atoms with E-state index >= 15 is 0 Å². The van der Waals surface area contributed by atoms with E-state index in [2.05, 4.69) is 6.58 Å². The predicted molar refractivity (Wildman–Crippen MR) is 80.2 cm³/mol. The monoisotopic (exact) mass is 309 g/mol. The first-order valence-corrected chi connectivity index (χ1v) is 7.02. The highest BCUT2D eigenvalue weighted by molar-refractivity contribution is 5.80. The first-order chi connectivity index (χ1) is 10.2. The molecule has 1 aromatic rings. The first kappa shape index (κ1) is 16.3. The summed E-state index contributed by atoms with van der Waals surface area (Å²) in [6, 6.07) is 3.70. The normalized spacial score (nSPS) is 15.5. The van der Waals surface area contributed by atoms with Crippen LogP contribution in [0.5, 0.6) is 0 Å². The second-order valence-electron chi connectivity index (χ2n) is 5.45. The molecule has 0 aliphatic carbocycles. The Morgan fingerprint density at radius 2 is 2.00 bits per heavy atom. The summed E-state index contributed by atoms with van der Waals surface area (Å²) >= 11 is 0. The number of carbonyl (C=O) groups is 1. The smallest absolute Gasteiger partial charge is 0.339 e. The Morgan fingerprint density at radius 3 is 2.45 bits per heavy atom. The summed E-state index contributed by atoms with van der Waals surface area (Å²) in [5.41, 5.74) is 2.34. The summed E-state index contributed by atoms with van der Waals surface area (Å²) < 4.78 is 38.1. The number of rotatable bonds is 2. The predicted octanol–water partition coefficient (Wildman–Crippen LogP) is 4.21. The zero-order valence-corrected chi connectivity index (χ0v) is 12.6. The molecule has 22 heavy (non-hydrogen) atoms. The van der Waals surface area contributed by atoms with Crippen LogP contribution in [0, 0.1) is 6.92 Å². The van der Waals surface area contributed by atoms with Crippen LogP contribution in [-0.2, 0) is 11.0 Å². The lowest BCUT2D eigenvalue weighted by molar-refractivity contribution is -0.137. The molecule has 0 radical (unpaired) electrons. The maximum Gasteiger partial charge on any atom is 0.416 e. The third-order valence-electron chi connectivity index (χ3n) is 3.92. The average molecular weight is 309 g/mol. The summed E-state index contributed by atoms with van der Waals surface area (Å²) in [5, 5.41) is 0. The molecule has 0 atom stereocenters. The molecule has 5 heteroatoms. The van der Waals surface area contributed by atoms with E-state index in [1.165, 1.54) is 13.0 Å². The summed E-state index contributed by atoms with van der Waals surface area (Å²) in [6.07, 6.45) is -1.75. The van der Waals surface area contributed by atoms with E-state index < -0.39 is 11.7 Å². The van der Waals surface area contributed by atoms with Gasteiger partial charge >= 0.3 is 6.18 Å². The van der Waals surface area contributed by atoms with E-state index in [1.807, 2.05) is 6.08 Å². The van der Waals surface area contributed by atoms with E-state index in [0.29, 0.717) is 25.1 Å². The second-order valence-corrected chi connectivity index (χ2v) is 5.45. The lowest BCUT2D eigenvalue weighted by Crippen LogP contribution is -2.33. The van der Waals surface area contributed by atoms with Gasteiger partial charge in [0.2, 0.25) is 5.91 Å². The Bertz CT molecular complexity index is 644. The van der Waals surface area contributed by atoms with Crippen LogP contribution in [0.1, 0.15) is 30.0 Å². The van der Waals surface area contributed by atoms with Gasteiger partial charge in [-0.3, -0.25) is 4.79 Å². The molecular weight excluding hydrogens is 291 g/mol. The van der Waals surface area contributed by atoms with Gasteiger partial charge in [0, 0.05) is 20.0 Å². The van der Waals surface area contributed by atoms with Gasteiger partial charge in [-0.05, 0) is 47.8 Å². The maximum atomic E-state index is 12.7. The van der Waals surface area contributed by atoms with Gasteiger partial charge in [0.25, 0.3) is 0 Å². The number of hydrogen-bond acceptors (Lipinski definition) is 1. The Labute approximate surface area is 127 Å². The van der Waals surface area contributed by atoms with Crippen molar-refractivity contribution in [3.8, 4) is 0 Å². The molecule has 0 unspecified atom stereocenters. The quantitative estimate of drug-likeness (QED) is 0.801. The number of hydrogen-bond donors (Lipinski definition) is 0. The Hall–Kier alpha value is -2.04. The van der Waals surface area contributed by atoms with Gasteiger partial charge in [0.15, 0.2) is 0 Å². The van der Waals surface area contributed by atoms with E-state index in [0.717, 1.165) is 28.8 Å². The lowest BCUT2D eigenvalue weighted by Gasteiger charge is -2.26. The Balaban J connectivity index is 2.22. The fourth-order valence-corrected chi connectivity index (χ4v) is 2.58. The van der Waals surface area contributed by atoms with E-state index in [9.17, 15) is 18.0 Å². The van der Waals surface area contributed by atoms with Crippen LogP contribution in [-0.4, -0.2) is 23.9 Å². The van der Waals surface area contributed by atoms with Crippen molar-refractivity contribution in [1.29, 1.82) is 0 Å². The molecule has 1 aliphatic rings. The number of carbonyl (C=O) groups excluding carboxylic acids is 1. The van der Waals surface area contributed by atoms with Crippen molar-refractivity contribution in [3.05, 3.63) is 53.1 Å². The van der Waals surface area contributed by atoms with Gasteiger partial charge in [-0.1, -0.05) is 18.7 Å². The molecule has 1 heterocycles. The summed E-state index contributed by atoms with van der Waals surface area (Å²) in [7, 11) is 0. The van der Waals surface area contributed by atoms with Crippen LogP contribution in [0.4, 0.5) is 13.2 Å². The van der Waals surface area contributed by atoms with Crippen molar-refractivity contribution < 1.29 is 18.0 Å². The highest BCUT2D eigenvalue weighted by atomic mass is 19.4. The van der Waals surface area contributed by atoms with E-state index in [-0.39, 0.29) is 5.91 Å². The SMILES string of the molecule is C=C(C1=CCN(C(C)=O)CC1)c1ccc(C(F)(F)F)cc1C. The summed E-state index contributed by atoms with van der Waals surface area (Å²) in [4.78, 5) is 13.0. The first-order valence-electron chi connectivity index (χ1n) is 7.02. The molecule has 0 fully saturated rings. The average Bonchev–Trinajstić information content (AvgIpc) is 2.45. The number of amides is 1. The fourth-order valence-electron chi connectivity index (χ4n) is 2.58. The largest absolute Gasteiger partial charge is 0.416 e. The highest BCUT2D eigenvalue weighted by Gasteiger charge is 2.30. The molecule has 0 saturated carbocycles. The van der Waals surface area contributed by atoms with Gasteiger partial charge in [0.05, 0.1) is 5.56 Å². The maximum absolute atomic E-state index is 12.7. The number of allylic oxidation sites excluding steroid dienone is 1. The van der Waals surface area contributed by atoms with Crippen LogP contribution >= 0.6 is 0 Å². The zero-order valence-electron chi connectivity index (χ0n) is 12.6. The molecule has 0 spiro atoms.